The molecule has 0 rings (SSSR count). The van der Waals surface area contributed by atoms with Crippen LogP contribution in [0.25, 0.3) is 0 Å². The van der Waals surface area contributed by atoms with Gasteiger partial charge in [0.1, 0.15) is 6.04 Å². The Labute approximate surface area is 89.8 Å². The highest BCUT2D eigenvalue weighted by atomic mass is 16.5. The molecule has 1 unspecified atom stereocenters. The lowest BCUT2D eigenvalue weighted by atomic mass is 10.0. The highest BCUT2D eigenvalue weighted by Crippen LogP contribution is 2.06. The van der Waals surface area contributed by atoms with E-state index in [2.05, 4.69) is 10.1 Å². The van der Waals surface area contributed by atoms with Crippen molar-refractivity contribution >= 4 is 11.9 Å². The molecule has 5 nitrogen and oxygen atoms in total. The van der Waals surface area contributed by atoms with E-state index in [9.17, 15) is 9.59 Å². The number of hydrogen-bond acceptors (Lipinski definition) is 4. The molecular formula is C10H19NO4. The smallest absolute Gasteiger partial charge is 0.322 e. The Hall–Kier alpha value is -1.10. The van der Waals surface area contributed by atoms with E-state index in [-0.39, 0.29) is 18.9 Å². The Morgan fingerprint density at radius 1 is 1.40 bits per heavy atom. The van der Waals surface area contributed by atoms with Gasteiger partial charge in [-0.05, 0) is 12.3 Å². The summed E-state index contributed by atoms with van der Waals surface area (Å²) in [5.74, 6) is -0.865. The largest absolute Gasteiger partial charge is 0.481 e. The van der Waals surface area contributed by atoms with E-state index in [0.717, 1.165) is 0 Å². The van der Waals surface area contributed by atoms with Gasteiger partial charge < -0.3 is 15.2 Å². The van der Waals surface area contributed by atoms with Gasteiger partial charge in [-0.1, -0.05) is 13.8 Å². The standard InChI is InChI=1S/C10H19NO4/c1-7(2)6-8(10(14)15-3)11-5-4-9(12)13/h7-8,11H,4-6H2,1-3H3,(H,12,13). The highest BCUT2D eigenvalue weighted by Gasteiger charge is 2.19. The third kappa shape index (κ3) is 6.90. The van der Waals surface area contributed by atoms with Crippen LogP contribution in [0.3, 0.4) is 0 Å². The van der Waals surface area contributed by atoms with Gasteiger partial charge in [0, 0.05) is 6.54 Å². The molecule has 0 radical (unpaired) electrons. The predicted molar refractivity (Wildman–Crippen MR) is 55.5 cm³/mol. The SMILES string of the molecule is COC(=O)C(CC(C)C)NCCC(=O)O. The number of rotatable bonds is 7. The molecule has 0 aliphatic carbocycles. The second-order valence-corrected chi connectivity index (χ2v) is 3.80. The maximum Gasteiger partial charge on any atom is 0.322 e. The van der Waals surface area contributed by atoms with Crippen LogP contribution in [0.2, 0.25) is 0 Å². The van der Waals surface area contributed by atoms with Crippen LogP contribution in [0.1, 0.15) is 26.7 Å². The van der Waals surface area contributed by atoms with Crippen molar-refractivity contribution < 1.29 is 19.4 Å². The number of hydrogen-bond donors (Lipinski definition) is 2. The molecule has 0 bridgehead atoms. The van der Waals surface area contributed by atoms with Gasteiger partial charge in [-0.3, -0.25) is 9.59 Å². The average Bonchev–Trinajstić information content (AvgIpc) is 2.14. The normalized spacial score (nSPS) is 12.5. The third-order valence-electron chi connectivity index (χ3n) is 1.92. The first kappa shape index (κ1) is 13.9. The van der Waals surface area contributed by atoms with Gasteiger partial charge in [-0.25, -0.2) is 0 Å². The minimum atomic E-state index is -0.879. The second kappa shape index (κ2) is 7.23. The number of esters is 1. The molecule has 5 heteroatoms. The zero-order valence-electron chi connectivity index (χ0n) is 9.45. The first-order valence-electron chi connectivity index (χ1n) is 5.00. The van der Waals surface area contributed by atoms with Crippen LogP contribution in [0.15, 0.2) is 0 Å². The lowest BCUT2D eigenvalue weighted by Gasteiger charge is -2.17. The van der Waals surface area contributed by atoms with Crippen LogP contribution < -0.4 is 5.32 Å². The zero-order chi connectivity index (χ0) is 11.8. The number of carboxylic acids is 1. The van der Waals surface area contributed by atoms with Crippen molar-refractivity contribution in [1.82, 2.24) is 5.32 Å². The molecular weight excluding hydrogens is 198 g/mol. The second-order valence-electron chi connectivity index (χ2n) is 3.80. The molecule has 0 spiro atoms. The molecule has 0 aromatic rings. The summed E-state index contributed by atoms with van der Waals surface area (Å²) >= 11 is 0. The van der Waals surface area contributed by atoms with Crippen molar-refractivity contribution in [2.75, 3.05) is 13.7 Å². The number of ether oxygens (including phenoxy) is 1. The van der Waals surface area contributed by atoms with Gasteiger partial charge in [0.15, 0.2) is 0 Å². The molecule has 0 saturated heterocycles. The van der Waals surface area contributed by atoms with Crippen molar-refractivity contribution in [1.29, 1.82) is 0 Å². The summed E-state index contributed by atoms with van der Waals surface area (Å²) in [5, 5.41) is 11.3. The molecule has 2 N–H and O–H groups in total. The summed E-state index contributed by atoms with van der Waals surface area (Å²) in [6.45, 7) is 4.27. The van der Waals surface area contributed by atoms with Crippen molar-refractivity contribution in [3.8, 4) is 0 Å². The topological polar surface area (TPSA) is 75.6 Å². The summed E-state index contributed by atoms with van der Waals surface area (Å²) in [6, 6.07) is -0.408. The minimum Gasteiger partial charge on any atom is -0.481 e. The lowest BCUT2D eigenvalue weighted by molar-refractivity contribution is -0.144. The van der Waals surface area contributed by atoms with Crippen LogP contribution >= 0.6 is 0 Å². The Morgan fingerprint density at radius 2 is 2.00 bits per heavy atom. The molecule has 15 heavy (non-hydrogen) atoms. The molecule has 88 valence electrons. The van der Waals surface area contributed by atoms with Gasteiger partial charge in [0.05, 0.1) is 13.5 Å². The lowest BCUT2D eigenvalue weighted by Crippen LogP contribution is -2.39. The van der Waals surface area contributed by atoms with E-state index in [1.165, 1.54) is 7.11 Å². The molecule has 1 atom stereocenters. The van der Waals surface area contributed by atoms with Gasteiger partial charge in [-0.2, -0.15) is 0 Å². The van der Waals surface area contributed by atoms with E-state index >= 15 is 0 Å². The van der Waals surface area contributed by atoms with E-state index < -0.39 is 12.0 Å². The summed E-state index contributed by atoms with van der Waals surface area (Å²) in [4.78, 5) is 21.6. The number of carboxylic acid groups (broad SMARTS) is 1. The van der Waals surface area contributed by atoms with Crippen LogP contribution in [0, 0.1) is 5.92 Å². The Balaban J connectivity index is 4.01. The third-order valence-corrected chi connectivity index (χ3v) is 1.92. The monoisotopic (exact) mass is 217 g/mol. The molecule has 0 fully saturated rings. The van der Waals surface area contributed by atoms with Gasteiger partial charge in [0.2, 0.25) is 0 Å². The van der Waals surface area contributed by atoms with Crippen molar-refractivity contribution in [3.63, 3.8) is 0 Å². The Morgan fingerprint density at radius 3 is 2.40 bits per heavy atom. The first-order chi connectivity index (χ1) is 6.97. The van der Waals surface area contributed by atoms with Crippen LogP contribution in [0.5, 0.6) is 0 Å². The summed E-state index contributed by atoms with van der Waals surface area (Å²) < 4.78 is 4.62. The van der Waals surface area contributed by atoms with Gasteiger partial charge >= 0.3 is 11.9 Å². The Kier molecular flexibility index (Phi) is 6.70. The van der Waals surface area contributed by atoms with Crippen molar-refractivity contribution in [3.05, 3.63) is 0 Å². The van der Waals surface area contributed by atoms with E-state index in [1.807, 2.05) is 13.8 Å². The van der Waals surface area contributed by atoms with Crippen molar-refractivity contribution in [2.45, 2.75) is 32.7 Å². The van der Waals surface area contributed by atoms with Crippen LogP contribution in [-0.4, -0.2) is 36.7 Å². The predicted octanol–water partition coefficient (Wildman–Crippen LogP) is 0.638. The van der Waals surface area contributed by atoms with Crippen molar-refractivity contribution in [2.24, 2.45) is 5.92 Å². The van der Waals surface area contributed by atoms with E-state index in [1.54, 1.807) is 0 Å². The summed E-state index contributed by atoms with van der Waals surface area (Å²) in [6.07, 6.45) is 0.651. The summed E-state index contributed by atoms with van der Waals surface area (Å²) in [5.41, 5.74) is 0. The number of nitrogens with one attached hydrogen (secondary N) is 1. The maximum atomic E-state index is 11.3. The maximum absolute atomic E-state index is 11.3. The van der Waals surface area contributed by atoms with Gasteiger partial charge in [0.25, 0.3) is 0 Å². The fraction of sp³-hybridized carbons (Fsp3) is 0.800. The van der Waals surface area contributed by atoms with E-state index in [4.69, 9.17) is 5.11 Å². The fourth-order valence-corrected chi connectivity index (χ4v) is 1.23. The highest BCUT2D eigenvalue weighted by molar-refractivity contribution is 5.75. The van der Waals surface area contributed by atoms with Crippen LogP contribution in [0.4, 0.5) is 0 Å². The van der Waals surface area contributed by atoms with Gasteiger partial charge in [-0.15, -0.1) is 0 Å². The number of aliphatic carboxylic acids is 1. The first-order valence-corrected chi connectivity index (χ1v) is 5.00. The Bertz CT molecular complexity index is 215. The summed E-state index contributed by atoms with van der Waals surface area (Å²) in [7, 11) is 1.33. The number of carbonyl (C=O) groups is 2. The number of methoxy groups -OCH3 is 1. The molecule has 0 aromatic heterocycles. The molecule has 0 aromatic carbocycles. The molecule has 0 aliphatic rings. The number of carbonyl (C=O) groups excluding carboxylic acids is 1. The average molecular weight is 217 g/mol. The molecule has 0 aliphatic heterocycles. The molecule has 0 saturated carbocycles. The van der Waals surface area contributed by atoms with E-state index in [0.29, 0.717) is 12.3 Å². The quantitative estimate of drug-likeness (QED) is 0.612. The minimum absolute atomic E-state index is 0.00555. The molecule has 0 amide bonds. The fourth-order valence-electron chi connectivity index (χ4n) is 1.23. The zero-order valence-corrected chi connectivity index (χ0v) is 9.45. The molecule has 0 heterocycles. The van der Waals surface area contributed by atoms with Crippen LogP contribution in [-0.2, 0) is 14.3 Å².